The number of thiazole rings is 1. The molecule has 0 fully saturated rings. The summed E-state index contributed by atoms with van der Waals surface area (Å²) in [6.07, 6.45) is 1.25. The lowest BCUT2D eigenvalue weighted by Crippen LogP contribution is -2.26. The van der Waals surface area contributed by atoms with E-state index >= 15 is 0 Å². The smallest absolute Gasteiger partial charge is 0.233 e. The fraction of sp³-hybridized carbons (Fsp3) is 0.176. The first-order valence-corrected chi connectivity index (χ1v) is 8.82. The van der Waals surface area contributed by atoms with Crippen LogP contribution in [0, 0.1) is 6.92 Å². The van der Waals surface area contributed by atoms with Gasteiger partial charge >= 0.3 is 0 Å². The second-order valence-electron chi connectivity index (χ2n) is 4.92. The van der Waals surface area contributed by atoms with Gasteiger partial charge in [-0.1, -0.05) is 24.3 Å². The summed E-state index contributed by atoms with van der Waals surface area (Å²) in [5.41, 5.74) is 1.81. The standard InChI is InChI=1S/C17H16N2OS2/c1-13-12-22-17(18-13)19(14-6-3-2-4-7-14)16(20)10-9-15-8-5-11-21-15/h2-8,11-12H,9-10H2,1H3. The van der Waals surface area contributed by atoms with Crippen molar-refractivity contribution in [3.05, 3.63) is 63.8 Å². The van der Waals surface area contributed by atoms with Crippen LogP contribution in [0.1, 0.15) is 17.0 Å². The summed E-state index contributed by atoms with van der Waals surface area (Å²) < 4.78 is 0. The van der Waals surface area contributed by atoms with E-state index in [9.17, 15) is 4.79 Å². The molecule has 0 atom stereocenters. The van der Waals surface area contributed by atoms with Crippen molar-refractivity contribution in [2.24, 2.45) is 0 Å². The Labute approximate surface area is 137 Å². The number of para-hydroxylation sites is 1. The van der Waals surface area contributed by atoms with Crippen LogP contribution in [0.15, 0.2) is 53.2 Å². The number of benzene rings is 1. The van der Waals surface area contributed by atoms with E-state index in [4.69, 9.17) is 0 Å². The summed E-state index contributed by atoms with van der Waals surface area (Å²) in [7, 11) is 0. The molecule has 0 saturated carbocycles. The number of anilines is 2. The predicted molar refractivity (Wildman–Crippen MR) is 93.1 cm³/mol. The van der Waals surface area contributed by atoms with Gasteiger partial charge in [0, 0.05) is 16.7 Å². The molecule has 0 aliphatic carbocycles. The number of hydrogen-bond donors (Lipinski definition) is 0. The van der Waals surface area contributed by atoms with Crippen molar-refractivity contribution in [3.63, 3.8) is 0 Å². The molecule has 2 heterocycles. The highest BCUT2D eigenvalue weighted by atomic mass is 32.1. The van der Waals surface area contributed by atoms with Crippen molar-refractivity contribution in [2.45, 2.75) is 19.8 Å². The minimum absolute atomic E-state index is 0.0777. The van der Waals surface area contributed by atoms with E-state index in [-0.39, 0.29) is 5.91 Å². The SMILES string of the molecule is Cc1csc(N(C(=O)CCc2cccs2)c2ccccc2)n1. The summed E-state index contributed by atoms with van der Waals surface area (Å²) in [6.45, 7) is 1.94. The van der Waals surface area contributed by atoms with Gasteiger partial charge in [0.15, 0.2) is 5.13 Å². The molecule has 1 aromatic carbocycles. The molecule has 3 rings (SSSR count). The lowest BCUT2D eigenvalue weighted by Gasteiger charge is -2.19. The first-order chi connectivity index (χ1) is 10.7. The van der Waals surface area contributed by atoms with Gasteiger partial charge < -0.3 is 0 Å². The fourth-order valence-electron chi connectivity index (χ4n) is 2.18. The highest BCUT2D eigenvalue weighted by Crippen LogP contribution is 2.29. The van der Waals surface area contributed by atoms with Crippen LogP contribution in [0.3, 0.4) is 0 Å². The molecule has 5 heteroatoms. The van der Waals surface area contributed by atoms with Gasteiger partial charge in [-0.2, -0.15) is 0 Å². The third-order valence-corrected chi connectivity index (χ3v) is 5.11. The van der Waals surface area contributed by atoms with Crippen LogP contribution in [0.25, 0.3) is 0 Å². The van der Waals surface area contributed by atoms with Gasteiger partial charge in [-0.25, -0.2) is 4.98 Å². The van der Waals surface area contributed by atoms with E-state index in [0.717, 1.165) is 22.9 Å². The van der Waals surface area contributed by atoms with Gasteiger partial charge in [0.1, 0.15) is 0 Å². The molecule has 112 valence electrons. The summed E-state index contributed by atoms with van der Waals surface area (Å²) in [5, 5.41) is 4.75. The Morgan fingerprint density at radius 3 is 2.59 bits per heavy atom. The first kappa shape index (κ1) is 14.9. The number of amides is 1. The number of rotatable bonds is 5. The number of thiophene rings is 1. The summed E-state index contributed by atoms with van der Waals surface area (Å²) >= 11 is 3.19. The predicted octanol–water partition coefficient (Wildman–Crippen LogP) is 4.81. The molecule has 0 bridgehead atoms. The van der Waals surface area contributed by atoms with Crippen molar-refractivity contribution < 1.29 is 4.79 Å². The number of aryl methyl sites for hydroxylation is 2. The molecule has 0 unspecified atom stereocenters. The third-order valence-electron chi connectivity index (χ3n) is 3.23. The fourth-order valence-corrected chi connectivity index (χ4v) is 3.73. The van der Waals surface area contributed by atoms with Crippen molar-refractivity contribution in [1.82, 2.24) is 4.98 Å². The van der Waals surface area contributed by atoms with Crippen LogP contribution < -0.4 is 4.90 Å². The van der Waals surface area contributed by atoms with Crippen molar-refractivity contribution in [1.29, 1.82) is 0 Å². The monoisotopic (exact) mass is 328 g/mol. The van der Waals surface area contributed by atoms with E-state index in [1.165, 1.54) is 16.2 Å². The van der Waals surface area contributed by atoms with Crippen LogP contribution in [-0.4, -0.2) is 10.9 Å². The van der Waals surface area contributed by atoms with Gasteiger partial charge in [0.25, 0.3) is 0 Å². The number of nitrogens with zero attached hydrogens (tertiary/aromatic N) is 2. The highest BCUT2D eigenvalue weighted by molar-refractivity contribution is 7.14. The molecule has 3 aromatic rings. The molecule has 2 aromatic heterocycles. The molecular weight excluding hydrogens is 312 g/mol. The third kappa shape index (κ3) is 3.43. The molecule has 0 saturated heterocycles. The largest absolute Gasteiger partial charge is 0.274 e. The van der Waals surface area contributed by atoms with E-state index in [1.807, 2.05) is 54.1 Å². The molecule has 22 heavy (non-hydrogen) atoms. The normalized spacial score (nSPS) is 10.6. The molecule has 0 radical (unpaired) electrons. The lowest BCUT2D eigenvalue weighted by molar-refractivity contribution is -0.117. The van der Waals surface area contributed by atoms with E-state index in [1.54, 1.807) is 16.2 Å². The van der Waals surface area contributed by atoms with Crippen LogP contribution in [0.2, 0.25) is 0 Å². The van der Waals surface area contributed by atoms with E-state index < -0.39 is 0 Å². The number of hydrogen-bond acceptors (Lipinski definition) is 4. The molecule has 0 aliphatic heterocycles. The Kier molecular flexibility index (Phi) is 4.65. The minimum Gasteiger partial charge on any atom is -0.274 e. The maximum absolute atomic E-state index is 12.7. The molecule has 3 nitrogen and oxygen atoms in total. The number of carbonyl (C=O) groups excluding carboxylic acids is 1. The van der Waals surface area contributed by atoms with E-state index in [2.05, 4.69) is 11.1 Å². The Hall–Kier alpha value is -1.98. The number of carbonyl (C=O) groups is 1. The Balaban J connectivity index is 1.83. The minimum atomic E-state index is 0.0777. The summed E-state index contributed by atoms with van der Waals surface area (Å²) in [5.74, 6) is 0.0777. The Morgan fingerprint density at radius 1 is 1.14 bits per heavy atom. The lowest BCUT2D eigenvalue weighted by atomic mass is 10.2. The maximum Gasteiger partial charge on any atom is 0.233 e. The zero-order valence-electron chi connectivity index (χ0n) is 12.2. The Bertz CT molecular complexity index is 735. The van der Waals surface area contributed by atoms with Crippen LogP contribution in [0.4, 0.5) is 10.8 Å². The van der Waals surface area contributed by atoms with Gasteiger partial charge in [-0.3, -0.25) is 9.69 Å². The second-order valence-corrected chi connectivity index (χ2v) is 6.78. The zero-order chi connectivity index (χ0) is 15.4. The average Bonchev–Trinajstić information content (AvgIpc) is 3.18. The van der Waals surface area contributed by atoms with Gasteiger partial charge in [-0.15, -0.1) is 22.7 Å². The molecule has 0 spiro atoms. The zero-order valence-corrected chi connectivity index (χ0v) is 13.9. The maximum atomic E-state index is 12.7. The Morgan fingerprint density at radius 2 is 1.95 bits per heavy atom. The summed E-state index contributed by atoms with van der Waals surface area (Å²) in [6, 6.07) is 13.8. The van der Waals surface area contributed by atoms with E-state index in [0.29, 0.717) is 6.42 Å². The van der Waals surface area contributed by atoms with Gasteiger partial charge in [-0.05, 0) is 36.9 Å². The van der Waals surface area contributed by atoms with Gasteiger partial charge in [0.05, 0.1) is 11.4 Å². The first-order valence-electron chi connectivity index (χ1n) is 7.06. The highest BCUT2D eigenvalue weighted by Gasteiger charge is 2.20. The quantitative estimate of drug-likeness (QED) is 0.673. The molecule has 1 amide bonds. The van der Waals surface area contributed by atoms with Crippen molar-refractivity contribution in [2.75, 3.05) is 4.90 Å². The average molecular weight is 328 g/mol. The van der Waals surface area contributed by atoms with Crippen molar-refractivity contribution >= 4 is 39.4 Å². The van der Waals surface area contributed by atoms with Crippen LogP contribution >= 0.6 is 22.7 Å². The van der Waals surface area contributed by atoms with Crippen molar-refractivity contribution in [3.8, 4) is 0 Å². The van der Waals surface area contributed by atoms with Crippen LogP contribution in [0.5, 0.6) is 0 Å². The van der Waals surface area contributed by atoms with Gasteiger partial charge in [0.2, 0.25) is 5.91 Å². The molecular formula is C17H16N2OS2. The molecule has 0 N–H and O–H groups in total. The van der Waals surface area contributed by atoms with Crippen LogP contribution in [-0.2, 0) is 11.2 Å². The molecule has 0 aliphatic rings. The second kappa shape index (κ2) is 6.85. The summed E-state index contributed by atoms with van der Waals surface area (Å²) in [4.78, 5) is 20.2. The number of aromatic nitrogens is 1. The topological polar surface area (TPSA) is 33.2 Å².